The molecule has 0 radical (unpaired) electrons. The molecule has 35 heavy (non-hydrogen) atoms. The van der Waals surface area contributed by atoms with Crippen LogP contribution in [0.2, 0.25) is 0 Å². The third-order valence-corrected chi connectivity index (χ3v) is 7.30. The number of benzene rings is 3. The van der Waals surface area contributed by atoms with Gasteiger partial charge in [-0.1, -0.05) is 76.6 Å². The maximum Gasteiger partial charge on any atom is 0.260 e. The second kappa shape index (κ2) is 11.3. The van der Waals surface area contributed by atoms with Gasteiger partial charge in [-0.05, 0) is 41.8 Å². The molecule has 0 saturated carbocycles. The smallest absolute Gasteiger partial charge is 0.260 e. The molecule has 3 aromatic carbocycles. The number of hydrogen-bond donors (Lipinski definition) is 2. The predicted molar refractivity (Wildman–Crippen MR) is 145 cm³/mol. The van der Waals surface area contributed by atoms with Gasteiger partial charge in [0, 0.05) is 22.2 Å². The van der Waals surface area contributed by atoms with E-state index in [1.54, 1.807) is 12.1 Å². The topological polar surface area (TPSA) is 81.4 Å². The summed E-state index contributed by atoms with van der Waals surface area (Å²) in [4.78, 5) is 26.6. The number of anilines is 1. The van der Waals surface area contributed by atoms with Gasteiger partial charge in [-0.3, -0.25) is 9.59 Å². The van der Waals surface area contributed by atoms with Crippen molar-refractivity contribution in [2.24, 2.45) is 5.73 Å². The van der Waals surface area contributed by atoms with E-state index in [-0.39, 0.29) is 5.91 Å². The van der Waals surface area contributed by atoms with E-state index in [0.29, 0.717) is 34.9 Å². The fourth-order valence-corrected chi connectivity index (χ4v) is 5.40. The molecular formula is C28H25BrN2O3S. The minimum atomic E-state index is -0.568. The first-order valence-electron chi connectivity index (χ1n) is 11.2. The van der Waals surface area contributed by atoms with Crippen LogP contribution >= 0.6 is 27.3 Å². The molecule has 1 aromatic heterocycles. The fourth-order valence-electron chi connectivity index (χ4n) is 3.79. The Kier molecular flexibility index (Phi) is 8.00. The lowest BCUT2D eigenvalue weighted by molar-refractivity contribution is 0.100. The average molecular weight is 549 g/mol. The van der Waals surface area contributed by atoms with Crippen molar-refractivity contribution in [3.8, 4) is 5.75 Å². The van der Waals surface area contributed by atoms with Crippen molar-refractivity contribution in [3.63, 3.8) is 0 Å². The molecular weight excluding hydrogens is 524 g/mol. The number of halogens is 1. The Labute approximate surface area is 217 Å². The van der Waals surface area contributed by atoms with Gasteiger partial charge in [-0.2, -0.15) is 0 Å². The lowest BCUT2D eigenvalue weighted by atomic mass is 10.1. The quantitative estimate of drug-likeness (QED) is 0.254. The molecule has 4 rings (SSSR count). The van der Waals surface area contributed by atoms with Gasteiger partial charge < -0.3 is 15.8 Å². The van der Waals surface area contributed by atoms with Gasteiger partial charge in [-0.15, -0.1) is 11.3 Å². The van der Waals surface area contributed by atoms with Crippen molar-refractivity contribution in [1.29, 1.82) is 0 Å². The van der Waals surface area contributed by atoms with Gasteiger partial charge in [0.25, 0.3) is 11.8 Å². The van der Waals surface area contributed by atoms with Crippen LogP contribution in [0.4, 0.5) is 5.00 Å². The number of nitrogens with two attached hydrogens (primary N) is 1. The van der Waals surface area contributed by atoms with Crippen LogP contribution in [0, 0.1) is 6.92 Å². The number of carbonyl (C=O) groups excluding carboxylic acids is 2. The molecule has 4 aromatic rings. The number of rotatable bonds is 9. The highest BCUT2D eigenvalue weighted by atomic mass is 79.9. The number of carbonyl (C=O) groups is 2. The van der Waals surface area contributed by atoms with Crippen LogP contribution in [0.15, 0.2) is 83.3 Å². The number of hydrogen-bond acceptors (Lipinski definition) is 4. The molecule has 0 saturated heterocycles. The molecule has 0 aliphatic heterocycles. The van der Waals surface area contributed by atoms with Crippen LogP contribution in [0.1, 0.15) is 42.3 Å². The first kappa shape index (κ1) is 24.7. The highest BCUT2D eigenvalue weighted by Crippen LogP contribution is 2.35. The summed E-state index contributed by atoms with van der Waals surface area (Å²) in [7, 11) is 0. The van der Waals surface area contributed by atoms with E-state index in [1.165, 1.54) is 11.3 Å². The predicted octanol–water partition coefficient (Wildman–Crippen LogP) is 6.38. The largest absolute Gasteiger partial charge is 0.492 e. The molecule has 0 atom stereocenters. The number of nitrogens with one attached hydrogen (secondary N) is 1. The standard InChI is InChI=1S/C28H25BrN2O3S/c1-18-24(16-20-10-6-3-7-11-20)35-28(25(18)26(30)32)31-27(33)22-17-21(29)12-13-23(22)34-15-14-19-8-4-2-5-9-19/h2-13,17H,14-16H2,1H3,(H2,30,32)(H,31,33). The summed E-state index contributed by atoms with van der Waals surface area (Å²) in [6.45, 7) is 2.29. The highest BCUT2D eigenvalue weighted by molar-refractivity contribution is 9.10. The van der Waals surface area contributed by atoms with Crippen LogP contribution < -0.4 is 15.8 Å². The summed E-state index contributed by atoms with van der Waals surface area (Å²) in [6, 6.07) is 25.3. The fraction of sp³-hybridized carbons (Fsp3) is 0.143. The second-order valence-corrected chi connectivity index (χ2v) is 10.1. The molecule has 7 heteroatoms. The van der Waals surface area contributed by atoms with Gasteiger partial charge >= 0.3 is 0 Å². The lowest BCUT2D eigenvalue weighted by Crippen LogP contribution is -2.18. The summed E-state index contributed by atoms with van der Waals surface area (Å²) < 4.78 is 6.72. The number of thiophene rings is 1. The third-order valence-electron chi connectivity index (χ3n) is 5.60. The molecule has 0 bridgehead atoms. The number of ether oxygens (including phenoxy) is 1. The Morgan fingerprint density at radius 1 is 0.971 bits per heavy atom. The van der Waals surface area contributed by atoms with Crippen molar-refractivity contribution in [2.75, 3.05) is 11.9 Å². The maximum atomic E-state index is 13.3. The van der Waals surface area contributed by atoms with Gasteiger partial charge in [0.1, 0.15) is 10.8 Å². The molecule has 3 N–H and O–H groups in total. The van der Waals surface area contributed by atoms with E-state index in [0.717, 1.165) is 32.5 Å². The van der Waals surface area contributed by atoms with E-state index < -0.39 is 5.91 Å². The zero-order valence-corrected chi connectivity index (χ0v) is 21.6. The first-order valence-corrected chi connectivity index (χ1v) is 12.8. The van der Waals surface area contributed by atoms with Crippen molar-refractivity contribution in [3.05, 3.63) is 116 Å². The van der Waals surface area contributed by atoms with E-state index in [1.807, 2.05) is 73.7 Å². The van der Waals surface area contributed by atoms with E-state index in [2.05, 4.69) is 21.2 Å². The Hall–Kier alpha value is -3.42. The molecule has 0 spiro atoms. The van der Waals surface area contributed by atoms with Gasteiger partial charge in [0.15, 0.2) is 0 Å². The molecule has 0 aliphatic carbocycles. The van der Waals surface area contributed by atoms with Crippen LogP contribution in [-0.2, 0) is 12.8 Å². The molecule has 0 aliphatic rings. The highest BCUT2D eigenvalue weighted by Gasteiger charge is 2.23. The molecule has 0 fully saturated rings. The maximum absolute atomic E-state index is 13.3. The summed E-state index contributed by atoms with van der Waals surface area (Å²) in [5.74, 6) is -0.460. The number of amides is 2. The minimum Gasteiger partial charge on any atom is -0.492 e. The third kappa shape index (κ3) is 6.18. The monoisotopic (exact) mass is 548 g/mol. The zero-order chi connectivity index (χ0) is 24.8. The Balaban J connectivity index is 1.55. The molecule has 178 valence electrons. The minimum absolute atomic E-state index is 0.343. The van der Waals surface area contributed by atoms with Crippen molar-refractivity contribution < 1.29 is 14.3 Å². The van der Waals surface area contributed by atoms with Crippen LogP contribution in [0.5, 0.6) is 5.75 Å². The zero-order valence-electron chi connectivity index (χ0n) is 19.2. The Morgan fingerprint density at radius 2 is 1.63 bits per heavy atom. The normalized spacial score (nSPS) is 10.7. The van der Waals surface area contributed by atoms with Gasteiger partial charge in [0.2, 0.25) is 0 Å². The molecule has 5 nitrogen and oxygen atoms in total. The summed E-state index contributed by atoms with van der Waals surface area (Å²) in [5.41, 5.74) is 9.47. The summed E-state index contributed by atoms with van der Waals surface area (Å²) >= 11 is 4.81. The lowest BCUT2D eigenvalue weighted by Gasteiger charge is -2.12. The Bertz CT molecular complexity index is 1340. The number of primary amides is 1. The molecule has 1 heterocycles. The van der Waals surface area contributed by atoms with E-state index in [9.17, 15) is 9.59 Å². The van der Waals surface area contributed by atoms with E-state index in [4.69, 9.17) is 10.5 Å². The summed E-state index contributed by atoms with van der Waals surface area (Å²) in [6.07, 6.45) is 1.37. The first-order chi connectivity index (χ1) is 16.9. The van der Waals surface area contributed by atoms with Crippen LogP contribution in [-0.4, -0.2) is 18.4 Å². The van der Waals surface area contributed by atoms with Crippen LogP contribution in [0.25, 0.3) is 0 Å². The average Bonchev–Trinajstić information content (AvgIpc) is 3.15. The second-order valence-electron chi connectivity index (χ2n) is 8.06. The van der Waals surface area contributed by atoms with Gasteiger partial charge in [-0.25, -0.2) is 0 Å². The summed E-state index contributed by atoms with van der Waals surface area (Å²) in [5, 5.41) is 3.35. The van der Waals surface area contributed by atoms with Gasteiger partial charge in [0.05, 0.1) is 17.7 Å². The molecule has 2 amide bonds. The van der Waals surface area contributed by atoms with Crippen molar-refractivity contribution in [1.82, 2.24) is 0 Å². The SMILES string of the molecule is Cc1c(Cc2ccccc2)sc(NC(=O)c2cc(Br)ccc2OCCc2ccccc2)c1C(N)=O. The van der Waals surface area contributed by atoms with E-state index >= 15 is 0 Å². The van der Waals surface area contributed by atoms with Crippen LogP contribution in [0.3, 0.4) is 0 Å². The van der Waals surface area contributed by atoms with Crippen molar-refractivity contribution in [2.45, 2.75) is 19.8 Å². The van der Waals surface area contributed by atoms with Crippen molar-refractivity contribution >= 4 is 44.1 Å². The Morgan fingerprint density at radius 3 is 2.29 bits per heavy atom. The molecule has 0 unspecified atom stereocenters.